The zero-order valence-corrected chi connectivity index (χ0v) is 17.2. The van der Waals surface area contributed by atoms with E-state index < -0.39 is 15.9 Å². The number of hydrogen-bond acceptors (Lipinski definition) is 5. The van der Waals surface area contributed by atoms with Crippen LogP contribution in [-0.4, -0.2) is 37.4 Å². The van der Waals surface area contributed by atoms with Crippen LogP contribution in [0.3, 0.4) is 0 Å². The number of benzene rings is 1. The Morgan fingerprint density at radius 2 is 1.96 bits per heavy atom. The summed E-state index contributed by atoms with van der Waals surface area (Å²) in [5.74, 6) is -0.0244. The fraction of sp³-hybridized carbons (Fsp3) is 0.556. The van der Waals surface area contributed by atoms with Gasteiger partial charge in [-0.05, 0) is 62.0 Å². The van der Waals surface area contributed by atoms with E-state index in [4.69, 9.17) is 12.2 Å². The largest absolute Gasteiger partial charge is 0.365 e. The van der Waals surface area contributed by atoms with Crippen molar-refractivity contribution in [1.29, 1.82) is 0 Å². The molecule has 1 saturated carbocycles. The molecule has 142 valence electrons. The number of carbonyl (C=O) groups excluding carboxylic acids is 1. The van der Waals surface area contributed by atoms with E-state index >= 15 is 0 Å². The van der Waals surface area contributed by atoms with E-state index in [1.165, 1.54) is 0 Å². The lowest BCUT2D eigenvalue weighted by molar-refractivity contribution is -0.131. The number of rotatable bonds is 6. The maximum absolute atomic E-state index is 13.5. The molecule has 0 heterocycles. The lowest BCUT2D eigenvalue weighted by Crippen LogP contribution is -2.52. The SMILES string of the molecule is CCC(CC)N(C(=O)C1(c2ccc(C)c(N=S(=O)=O)c2)CC1)C(=S)NC. The van der Waals surface area contributed by atoms with Crippen molar-refractivity contribution in [2.45, 2.75) is 57.9 Å². The van der Waals surface area contributed by atoms with E-state index in [2.05, 4.69) is 9.68 Å². The highest BCUT2D eigenvalue weighted by Gasteiger charge is 2.54. The molecule has 0 spiro atoms. The lowest BCUT2D eigenvalue weighted by Gasteiger charge is -2.34. The number of carbonyl (C=O) groups is 1. The van der Waals surface area contributed by atoms with Crippen LogP contribution in [0.25, 0.3) is 0 Å². The highest BCUT2D eigenvalue weighted by molar-refractivity contribution is 7.80. The van der Waals surface area contributed by atoms with Crippen molar-refractivity contribution in [1.82, 2.24) is 10.2 Å². The second kappa shape index (κ2) is 8.26. The second-order valence-corrected chi connectivity index (χ2v) is 7.60. The number of thiocarbonyl (C=S) groups is 1. The molecule has 2 rings (SSSR count). The Morgan fingerprint density at radius 3 is 2.42 bits per heavy atom. The summed E-state index contributed by atoms with van der Waals surface area (Å²) < 4.78 is 25.6. The van der Waals surface area contributed by atoms with Gasteiger partial charge in [0.1, 0.15) is 0 Å². The second-order valence-electron chi connectivity index (χ2n) is 6.59. The summed E-state index contributed by atoms with van der Waals surface area (Å²) in [4.78, 5) is 15.2. The molecule has 0 radical (unpaired) electrons. The molecule has 1 N–H and O–H groups in total. The van der Waals surface area contributed by atoms with Gasteiger partial charge in [0.05, 0.1) is 11.1 Å². The van der Waals surface area contributed by atoms with E-state index in [0.717, 1.165) is 36.8 Å². The van der Waals surface area contributed by atoms with Crippen LogP contribution in [0.15, 0.2) is 22.6 Å². The molecule has 26 heavy (non-hydrogen) atoms. The van der Waals surface area contributed by atoms with Crippen LogP contribution < -0.4 is 5.32 Å². The molecule has 1 aromatic rings. The summed E-state index contributed by atoms with van der Waals surface area (Å²) in [5, 5.41) is 3.35. The molecule has 1 aliphatic rings. The summed E-state index contributed by atoms with van der Waals surface area (Å²) in [5.41, 5.74) is 1.28. The van der Waals surface area contributed by atoms with Crippen LogP contribution in [0.2, 0.25) is 0 Å². The maximum Gasteiger partial charge on any atom is 0.316 e. The molecule has 0 aliphatic heterocycles. The van der Waals surface area contributed by atoms with Crippen molar-refractivity contribution >= 4 is 39.4 Å². The molecule has 0 atom stereocenters. The fourth-order valence-electron chi connectivity index (χ4n) is 3.27. The smallest absolute Gasteiger partial charge is 0.316 e. The summed E-state index contributed by atoms with van der Waals surface area (Å²) in [6.07, 6.45) is 3.06. The molecule has 0 bridgehead atoms. The Morgan fingerprint density at radius 1 is 1.35 bits per heavy atom. The van der Waals surface area contributed by atoms with Gasteiger partial charge in [-0.3, -0.25) is 9.69 Å². The van der Waals surface area contributed by atoms with Crippen LogP contribution >= 0.6 is 12.2 Å². The minimum absolute atomic E-state index is 0.0244. The molecule has 1 aliphatic carbocycles. The number of amides is 1. The Kier molecular flexibility index (Phi) is 6.52. The van der Waals surface area contributed by atoms with Gasteiger partial charge >= 0.3 is 10.5 Å². The minimum Gasteiger partial charge on any atom is -0.365 e. The Bertz CT molecular complexity index is 833. The molecule has 6 nitrogen and oxygen atoms in total. The number of nitrogens with one attached hydrogen (secondary N) is 1. The zero-order valence-electron chi connectivity index (χ0n) is 15.6. The third kappa shape index (κ3) is 3.96. The zero-order chi connectivity index (χ0) is 19.5. The van der Waals surface area contributed by atoms with Crippen molar-refractivity contribution < 1.29 is 13.2 Å². The van der Waals surface area contributed by atoms with E-state index in [1.807, 2.05) is 26.0 Å². The fourth-order valence-corrected chi connectivity index (χ4v) is 3.85. The standard InChI is InChI=1S/C18H25N3O3S2/c1-5-14(6-2)21(17(25)19-4)16(22)18(9-10-18)13-8-7-12(3)15(11-13)20-26(23)24/h7-8,11,14H,5-6,9-10H2,1-4H3,(H,19,25). The summed E-state index contributed by atoms with van der Waals surface area (Å²) >= 11 is 5.41. The summed E-state index contributed by atoms with van der Waals surface area (Å²) in [6.45, 7) is 5.88. The molecule has 0 unspecified atom stereocenters. The predicted octanol–water partition coefficient (Wildman–Crippen LogP) is 3.24. The Balaban J connectivity index is 2.47. The van der Waals surface area contributed by atoms with Crippen LogP contribution in [0.4, 0.5) is 5.69 Å². The molecule has 1 aromatic carbocycles. The quantitative estimate of drug-likeness (QED) is 0.748. The van der Waals surface area contributed by atoms with Gasteiger partial charge in [-0.25, -0.2) is 0 Å². The first-order valence-corrected chi connectivity index (χ1v) is 10.2. The van der Waals surface area contributed by atoms with Crippen molar-refractivity contribution in [3.63, 3.8) is 0 Å². The normalized spacial score (nSPS) is 14.7. The van der Waals surface area contributed by atoms with Crippen molar-refractivity contribution in [2.75, 3.05) is 7.05 Å². The topological polar surface area (TPSA) is 78.8 Å². The molecule has 0 saturated heterocycles. The van der Waals surface area contributed by atoms with Gasteiger partial charge in [0, 0.05) is 13.1 Å². The van der Waals surface area contributed by atoms with Crippen LogP contribution in [0.5, 0.6) is 0 Å². The van der Waals surface area contributed by atoms with E-state index in [9.17, 15) is 13.2 Å². The van der Waals surface area contributed by atoms with E-state index in [0.29, 0.717) is 10.8 Å². The molecule has 1 amide bonds. The third-order valence-electron chi connectivity index (χ3n) is 5.05. The average molecular weight is 396 g/mol. The van der Waals surface area contributed by atoms with Crippen molar-refractivity contribution in [3.8, 4) is 0 Å². The number of nitrogens with zero attached hydrogens (tertiary/aromatic N) is 2. The monoisotopic (exact) mass is 395 g/mol. The van der Waals surface area contributed by atoms with E-state index in [-0.39, 0.29) is 11.9 Å². The van der Waals surface area contributed by atoms with Gasteiger partial charge in [0.15, 0.2) is 5.11 Å². The van der Waals surface area contributed by atoms with Crippen LogP contribution in [0, 0.1) is 6.92 Å². The van der Waals surface area contributed by atoms with Gasteiger partial charge < -0.3 is 5.32 Å². The van der Waals surface area contributed by atoms with Crippen LogP contribution in [0.1, 0.15) is 50.7 Å². The van der Waals surface area contributed by atoms with Crippen molar-refractivity contribution in [3.05, 3.63) is 29.3 Å². The first-order valence-electron chi connectivity index (χ1n) is 8.78. The van der Waals surface area contributed by atoms with Gasteiger partial charge in [0.2, 0.25) is 5.91 Å². The molecule has 0 aromatic heterocycles. The van der Waals surface area contributed by atoms with Gasteiger partial charge in [-0.1, -0.05) is 26.0 Å². The lowest BCUT2D eigenvalue weighted by atomic mass is 9.92. The third-order valence-corrected chi connectivity index (χ3v) is 5.80. The van der Waals surface area contributed by atoms with E-state index in [1.54, 1.807) is 24.9 Å². The Hall–Kier alpha value is -1.80. The molecular formula is C18H25N3O3S2. The highest BCUT2D eigenvalue weighted by Crippen LogP contribution is 2.51. The van der Waals surface area contributed by atoms with Crippen LogP contribution in [-0.2, 0) is 20.7 Å². The highest BCUT2D eigenvalue weighted by atomic mass is 32.2. The summed E-state index contributed by atoms with van der Waals surface area (Å²) in [6, 6.07) is 5.44. The minimum atomic E-state index is -2.53. The van der Waals surface area contributed by atoms with Gasteiger partial charge in [-0.2, -0.15) is 8.42 Å². The van der Waals surface area contributed by atoms with Gasteiger partial charge in [-0.15, -0.1) is 4.36 Å². The maximum atomic E-state index is 13.5. The Labute approximate surface area is 161 Å². The van der Waals surface area contributed by atoms with Crippen molar-refractivity contribution in [2.24, 2.45) is 4.36 Å². The first-order chi connectivity index (χ1) is 12.3. The average Bonchev–Trinajstić information content (AvgIpc) is 3.41. The number of aryl methyl sites for hydroxylation is 1. The molecule has 8 heteroatoms. The molecular weight excluding hydrogens is 370 g/mol. The number of hydrogen-bond donors (Lipinski definition) is 1. The molecule has 1 fully saturated rings. The predicted molar refractivity (Wildman–Crippen MR) is 106 cm³/mol. The van der Waals surface area contributed by atoms with Gasteiger partial charge in [0.25, 0.3) is 0 Å². The first kappa shape index (κ1) is 20.5. The summed E-state index contributed by atoms with van der Waals surface area (Å²) in [7, 11) is -0.812.